The van der Waals surface area contributed by atoms with Crippen molar-refractivity contribution < 1.29 is 24.0 Å². The van der Waals surface area contributed by atoms with E-state index in [1.165, 1.54) is 12.1 Å². The first kappa shape index (κ1) is 17.6. The van der Waals surface area contributed by atoms with Crippen molar-refractivity contribution in [2.75, 3.05) is 4.90 Å². The Morgan fingerprint density at radius 1 is 1.50 bits per heavy atom. The van der Waals surface area contributed by atoms with Gasteiger partial charge in [0.05, 0.1) is 6.10 Å². The summed E-state index contributed by atoms with van der Waals surface area (Å²) in [6.45, 7) is 6.66. The molecular formula is C15H19N3O6. The van der Waals surface area contributed by atoms with Crippen LogP contribution in [0, 0.1) is 10.1 Å². The number of aromatic nitrogens is 1. The molecule has 1 amide bonds. The number of carbonyl (C=O) groups is 2. The highest BCUT2D eigenvalue weighted by atomic mass is 16.6. The maximum absolute atomic E-state index is 12.5. The van der Waals surface area contributed by atoms with E-state index in [0.717, 1.165) is 4.90 Å². The topological polar surface area (TPSA) is 112 Å². The van der Waals surface area contributed by atoms with E-state index in [-0.39, 0.29) is 24.1 Å². The van der Waals surface area contributed by atoms with Crippen LogP contribution in [0.4, 0.5) is 11.6 Å². The van der Waals surface area contributed by atoms with Crippen molar-refractivity contribution >= 4 is 23.5 Å². The summed E-state index contributed by atoms with van der Waals surface area (Å²) >= 11 is 0. The Labute approximate surface area is 138 Å². The molecule has 2 unspecified atom stereocenters. The van der Waals surface area contributed by atoms with Crippen LogP contribution in [0.3, 0.4) is 0 Å². The monoisotopic (exact) mass is 337 g/mol. The van der Waals surface area contributed by atoms with Crippen LogP contribution in [0.5, 0.6) is 5.75 Å². The average molecular weight is 337 g/mol. The summed E-state index contributed by atoms with van der Waals surface area (Å²) in [4.78, 5) is 40.2. The molecule has 0 aliphatic carbocycles. The molecule has 0 N–H and O–H groups in total. The van der Waals surface area contributed by atoms with Crippen molar-refractivity contribution in [3.63, 3.8) is 0 Å². The van der Waals surface area contributed by atoms with Crippen LogP contribution in [0.2, 0.25) is 0 Å². The van der Waals surface area contributed by atoms with Gasteiger partial charge in [-0.3, -0.25) is 9.69 Å². The Kier molecular flexibility index (Phi) is 5.01. The van der Waals surface area contributed by atoms with Gasteiger partial charge in [0.25, 0.3) is 11.7 Å². The smallest absolute Gasteiger partial charge is 0.366 e. The van der Waals surface area contributed by atoms with Crippen molar-refractivity contribution in [1.82, 2.24) is 4.98 Å². The number of ether oxygens (including phenoxy) is 2. The normalized spacial score (nSPS) is 18.0. The van der Waals surface area contributed by atoms with Gasteiger partial charge in [-0.25, -0.2) is 4.79 Å². The largest absolute Gasteiger partial charge is 0.475 e. The minimum atomic E-state index is -0.931. The van der Waals surface area contributed by atoms with E-state index in [1.807, 2.05) is 0 Å². The van der Waals surface area contributed by atoms with Gasteiger partial charge < -0.3 is 19.6 Å². The molecule has 1 aromatic rings. The van der Waals surface area contributed by atoms with E-state index in [1.54, 1.807) is 27.7 Å². The van der Waals surface area contributed by atoms with Crippen LogP contribution in [0.25, 0.3) is 0 Å². The highest BCUT2D eigenvalue weighted by Gasteiger charge is 2.43. The number of nitrogens with zero attached hydrogens (tertiary/aromatic N) is 3. The lowest BCUT2D eigenvalue weighted by atomic mass is 10.1. The van der Waals surface area contributed by atoms with Gasteiger partial charge in [-0.2, -0.15) is 0 Å². The summed E-state index contributed by atoms with van der Waals surface area (Å²) in [6.07, 6.45) is -0.910. The van der Waals surface area contributed by atoms with Crippen LogP contribution in [-0.2, 0) is 14.3 Å². The van der Waals surface area contributed by atoms with Gasteiger partial charge in [0, 0.05) is 6.07 Å². The van der Waals surface area contributed by atoms with E-state index in [2.05, 4.69) is 4.98 Å². The fourth-order valence-electron chi connectivity index (χ4n) is 2.40. The summed E-state index contributed by atoms with van der Waals surface area (Å²) in [6, 6.07) is 1.63. The zero-order chi connectivity index (χ0) is 18.0. The van der Waals surface area contributed by atoms with Crippen LogP contribution in [0.15, 0.2) is 12.1 Å². The molecule has 0 saturated heterocycles. The third-order valence-corrected chi connectivity index (χ3v) is 3.45. The Morgan fingerprint density at radius 2 is 2.17 bits per heavy atom. The zero-order valence-corrected chi connectivity index (χ0v) is 13.9. The number of carbonyl (C=O) groups excluding carboxylic acids is 2. The van der Waals surface area contributed by atoms with Crippen LogP contribution < -0.4 is 9.64 Å². The fourth-order valence-corrected chi connectivity index (χ4v) is 2.40. The molecule has 2 heterocycles. The number of anilines is 1. The van der Waals surface area contributed by atoms with Gasteiger partial charge in [0.2, 0.25) is 0 Å². The van der Waals surface area contributed by atoms with Crippen molar-refractivity contribution in [2.24, 2.45) is 0 Å². The fraction of sp³-hybridized carbons (Fsp3) is 0.533. The Hall–Kier alpha value is -2.71. The SMILES string of the molecule is CCC(C(=O)OC(C)C)N1C(=O)C(C)Oc2ccc([N+](=O)[O-])nc21. The lowest BCUT2D eigenvalue weighted by molar-refractivity contribution is -0.389. The predicted molar refractivity (Wildman–Crippen MR) is 83.8 cm³/mol. The van der Waals surface area contributed by atoms with Gasteiger partial charge >= 0.3 is 11.8 Å². The molecule has 0 spiro atoms. The van der Waals surface area contributed by atoms with E-state index in [4.69, 9.17) is 9.47 Å². The molecule has 130 valence electrons. The second-order valence-corrected chi connectivity index (χ2v) is 5.63. The number of amides is 1. The number of hydrogen-bond acceptors (Lipinski definition) is 7. The number of rotatable bonds is 5. The molecule has 1 aromatic heterocycles. The van der Waals surface area contributed by atoms with Crippen molar-refractivity contribution in [3.8, 4) is 5.75 Å². The number of esters is 1. The molecule has 2 rings (SSSR count). The van der Waals surface area contributed by atoms with Crippen molar-refractivity contribution in [3.05, 3.63) is 22.2 Å². The first-order chi connectivity index (χ1) is 11.3. The van der Waals surface area contributed by atoms with Gasteiger partial charge in [0.15, 0.2) is 11.9 Å². The van der Waals surface area contributed by atoms with Crippen molar-refractivity contribution in [2.45, 2.75) is 52.4 Å². The third kappa shape index (κ3) is 3.29. The van der Waals surface area contributed by atoms with Crippen molar-refractivity contribution in [1.29, 1.82) is 0 Å². The van der Waals surface area contributed by atoms with E-state index >= 15 is 0 Å². The molecular weight excluding hydrogens is 318 g/mol. The van der Waals surface area contributed by atoms with Gasteiger partial charge in [-0.05, 0) is 43.2 Å². The third-order valence-electron chi connectivity index (χ3n) is 3.45. The molecule has 9 heteroatoms. The molecule has 1 aliphatic rings. The quantitative estimate of drug-likeness (QED) is 0.457. The van der Waals surface area contributed by atoms with Crippen LogP contribution >= 0.6 is 0 Å². The number of nitro groups is 1. The van der Waals surface area contributed by atoms with Crippen LogP contribution in [-0.4, -0.2) is 40.0 Å². The Balaban J connectivity index is 2.51. The lowest BCUT2D eigenvalue weighted by Gasteiger charge is -2.33. The number of fused-ring (bicyclic) bond motifs is 1. The van der Waals surface area contributed by atoms with Gasteiger partial charge in [-0.15, -0.1) is 0 Å². The first-order valence-corrected chi connectivity index (χ1v) is 7.61. The minimum Gasteiger partial charge on any atom is -0.475 e. The van der Waals surface area contributed by atoms with Crippen LogP contribution in [0.1, 0.15) is 34.1 Å². The molecule has 24 heavy (non-hydrogen) atoms. The lowest BCUT2D eigenvalue weighted by Crippen LogP contribution is -2.53. The summed E-state index contributed by atoms with van der Waals surface area (Å²) < 4.78 is 10.6. The molecule has 0 aromatic carbocycles. The minimum absolute atomic E-state index is 0.0418. The average Bonchev–Trinajstić information content (AvgIpc) is 2.50. The Bertz CT molecular complexity index is 675. The maximum Gasteiger partial charge on any atom is 0.366 e. The molecule has 2 atom stereocenters. The molecule has 0 saturated carbocycles. The zero-order valence-electron chi connectivity index (χ0n) is 13.9. The molecule has 9 nitrogen and oxygen atoms in total. The van der Waals surface area contributed by atoms with Gasteiger partial charge in [-0.1, -0.05) is 6.92 Å². The summed E-state index contributed by atoms with van der Waals surface area (Å²) in [5.41, 5.74) is 0. The van der Waals surface area contributed by atoms with E-state index < -0.39 is 34.8 Å². The Morgan fingerprint density at radius 3 is 2.71 bits per heavy atom. The van der Waals surface area contributed by atoms with E-state index in [9.17, 15) is 19.7 Å². The second kappa shape index (κ2) is 6.81. The summed E-state index contributed by atoms with van der Waals surface area (Å²) in [7, 11) is 0. The van der Waals surface area contributed by atoms with E-state index in [0.29, 0.717) is 0 Å². The molecule has 0 radical (unpaired) electrons. The standard InChI is InChI=1S/C15H19N3O6/c1-5-10(15(20)23-8(2)3)17-13-11(24-9(4)14(17)19)6-7-12(16-13)18(21)22/h6-10H,5H2,1-4H3. The number of pyridine rings is 1. The summed E-state index contributed by atoms with van der Waals surface area (Å²) in [5, 5.41) is 11.0. The number of hydrogen-bond donors (Lipinski definition) is 0. The molecule has 0 bridgehead atoms. The highest BCUT2D eigenvalue weighted by Crippen LogP contribution is 2.36. The maximum atomic E-state index is 12.5. The van der Waals surface area contributed by atoms with Gasteiger partial charge in [0.1, 0.15) is 6.04 Å². The predicted octanol–water partition coefficient (Wildman–Crippen LogP) is 1.83. The first-order valence-electron chi connectivity index (χ1n) is 7.61. The summed E-state index contributed by atoms with van der Waals surface area (Å²) in [5.74, 6) is -1.35. The molecule has 0 fully saturated rings. The highest BCUT2D eigenvalue weighted by molar-refractivity contribution is 6.03. The molecule has 1 aliphatic heterocycles. The second-order valence-electron chi connectivity index (χ2n) is 5.63.